The summed E-state index contributed by atoms with van der Waals surface area (Å²) in [7, 11) is -3.74. The minimum absolute atomic E-state index is 0.0367. The maximum absolute atomic E-state index is 12.8. The number of sulfone groups is 1. The molecule has 0 amide bonds. The second-order valence-corrected chi connectivity index (χ2v) is 17.8. The zero-order valence-corrected chi connectivity index (χ0v) is 31.6. The van der Waals surface area contributed by atoms with Gasteiger partial charge in [-0.3, -0.25) is 0 Å². The van der Waals surface area contributed by atoms with Crippen LogP contribution in [-0.4, -0.2) is 211 Å². The molecule has 5 aliphatic rings. The second kappa shape index (κ2) is 19.5. The molecule has 22 nitrogen and oxygen atoms in total. The van der Waals surface area contributed by atoms with Gasteiger partial charge in [-0.2, -0.15) is 0 Å². The van der Waals surface area contributed by atoms with Gasteiger partial charge in [-0.05, 0) is 38.8 Å². The van der Waals surface area contributed by atoms with Gasteiger partial charge in [-0.15, -0.1) is 0 Å². The van der Waals surface area contributed by atoms with E-state index in [1.807, 2.05) is 0 Å². The summed E-state index contributed by atoms with van der Waals surface area (Å²) in [5.41, 5.74) is 29.3. The Balaban J connectivity index is 1.32. The molecule has 1 aliphatic carbocycles. The van der Waals surface area contributed by atoms with E-state index in [2.05, 4.69) is 10.6 Å². The maximum atomic E-state index is 12.8. The lowest BCUT2D eigenvalue weighted by Gasteiger charge is -2.47. The summed E-state index contributed by atoms with van der Waals surface area (Å²) < 4.78 is 61.7. The molecule has 19 N–H and O–H groups in total. The Morgan fingerprint density at radius 1 is 0.764 bits per heavy atom. The molecule has 0 spiro atoms. The largest absolute Gasteiger partial charge is 0.394 e. The first kappa shape index (κ1) is 45.2. The van der Waals surface area contributed by atoms with Gasteiger partial charge in [0.15, 0.2) is 28.7 Å². The first-order valence-corrected chi connectivity index (χ1v) is 20.8. The summed E-state index contributed by atoms with van der Waals surface area (Å²) in [6.45, 7) is 0.727. The van der Waals surface area contributed by atoms with Crippen LogP contribution in [-0.2, 0) is 38.3 Å². The smallest absolute Gasteiger partial charge is 0.187 e. The number of hydrogen-bond donors (Lipinski definition) is 14. The van der Waals surface area contributed by atoms with E-state index in [-0.39, 0.29) is 44.8 Å². The number of aliphatic hydroxyl groups excluding tert-OH is 6. The average Bonchev–Trinajstić information content (AvgIpc) is 3.43. The minimum atomic E-state index is -3.74. The van der Waals surface area contributed by atoms with Crippen molar-refractivity contribution < 1.29 is 72.6 Å². The Morgan fingerprint density at radius 3 is 2.05 bits per heavy atom. The summed E-state index contributed by atoms with van der Waals surface area (Å²) in [6, 6.07) is -3.14. The SMILES string of the molecule is NCCS(=O)(=O)C[C@@H]1C[C@H](N)[C@@H](O[C@H]2O[C@H](CNCC3(O)CCNCC3)[C@@H](O)C[C@H]2N)[C@H](O[C@@H]2O[C@H](CO)[C@@H](O[C@H]3O[C@@H](CN)[C@@H](O)[C@H](O)[C@H]3N)[C@H]2O)[C@H]1O. The molecule has 55 heavy (non-hydrogen) atoms. The zero-order valence-electron chi connectivity index (χ0n) is 30.8. The van der Waals surface area contributed by atoms with Gasteiger partial charge >= 0.3 is 0 Å². The van der Waals surface area contributed by atoms with E-state index in [4.69, 9.17) is 57.1 Å². The summed E-state index contributed by atoms with van der Waals surface area (Å²) >= 11 is 0. The van der Waals surface area contributed by atoms with Crippen molar-refractivity contribution in [2.45, 2.75) is 135 Å². The molecule has 0 unspecified atom stereocenters. The molecule has 0 aromatic heterocycles. The molecule has 23 heteroatoms. The van der Waals surface area contributed by atoms with Crippen molar-refractivity contribution in [3.05, 3.63) is 0 Å². The molecule has 18 atom stereocenters. The highest BCUT2D eigenvalue weighted by atomic mass is 32.2. The average molecular weight is 818 g/mol. The third-order valence-electron chi connectivity index (χ3n) is 11.3. The van der Waals surface area contributed by atoms with Crippen molar-refractivity contribution in [2.75, 3.05) is 57.4 Å². The molecular formula is C32H63N7O15S. The molecule has 0 bridgehead atoms. The fourth-order valence-corrected chi connectivity index (χ4v) is 9.54. The summed E-state index contributed by atoms with van der Waals surface area (Å²) in [5, 5.41) is 82.1. The van der Waals surface area contributed by atoms with Crippen molar-refractivity contribution in [3.63, 3.8) is 0 Å². The lowest BCUT2D eigenvalue weighted by molar-refractivity contribution is -0.298. The van der Waals surface area contributed by atoms with E-state index < -0.39 is 138 Å². The van der Waals surface area contributed by atoms with E-state index in [1.165, 1.54) is 0 Å². The van der Waals surface area contributed by atoms with Crippen molar-refractivity contribution in [2.24, 2.45) is 34.6 Å². The quantitative estimate of drug-likeness (QED) is 0.0687. The predicted octanol–water partition coefficient (Wildman–Crippen LogP) is -8.46. The summed E-state index contributed by atoms with van der Waals surface area (Å²) in [5.74, 6) is -1.79. The fraction of sp³-hybridized carbons (Fsp3) is 1.00. The number of nitrogens with two attached hydrogens (primary N) is 5. The van der Waals surface area contributed by atoms with Crippen molar-refractivity contribution in [1.29, 1.82) is 0 Å². The van der Waals surface area contributed by atoms with Gasteiger partial charge in [-0.1, -0.05) is 0 Å². The van der Waals surface area contributed by atoms with Gasteiger partial charge in [0.25, 0.3) is 0 Å². The highest BCUT2D eigenvalue weighted by Crippen LogP contribution is 2.36. The molecule has 4 heterocycles. The maximum Gasteiger partial charge on any atom is 0.187 e. The predicted molar refractivity (Wildman–Crippen MR) is 191 cm³/mol. The van der Waals surface area contributed by atoms with Gasteiger partial charge in [0.05, 0.1) is 54.1 Å². The molecular weight excluding hydrogens is 754 g/mol. The number of rotatable bonds is 16. The van der Waals surface area contributed by atoms with Gasteiger partial charge in [0.2, 0.25) is 0 Å². The number of nitrogens with one attached hydrogen (secondary N) is 2. The molecule has 4 saturated heterocycles. The van der Waals surface area contributed by atoms with Crippen LogP contribution >= 0.6 is 0 Å². The Hall–Kier alpha value is -0.850. The molecule has 0 radical (unpaired) electrons. The fourth-order valence-electron chi connectivity index (χ4n) is 8.03. The molecule has 322 valence electrons. The van der Waals surface area contributed by atoms with Gasteiger partial charge < -0.3 is 103 Å². The van der Waals surface area contributed by atoms with Crippen LogP contribution in [0.1, 0.15) is 25.7 Å². The highest BCUT2D eigenvalue weighted by Gasteiger charge is 2.54. The standard InChI is InChI=1S/C32H63N7O15S/c33-3-6-55(47,48)12-14-7-15(35)26(52-29-16(36)8-17(41)19(50-29)10-39-13-32(46)1-4-38-5-2-32)28(22(14)42)54-31-25(45)27(20(11-40)51-31)53-30-21(37)24(44)23(43)18(9-34)49-30/h14-31,38-46H,1-13,33-37H2/t14-,15-,16+,17-,18-,19+,20+,21+,22-,23+,24+,25+,26+,27+,28+,29+,30+,31-/m0/s1. The summed E-state index contributed by atoms with van der Waals surface area (Å²) in [4.78, 5) is 0. The van der Waals surface area contributed by atoms with E-state index in [1.54, 1.807) is 0 Å². The van der Waals surface area contributed by atoms with Crippen LogP contribution in [0.5, 0.6) is 0 Å². The van der Waals surface area contributed by atoms with Crippen LogP contribution in [0.3, 0.4) is 0 Å². The number of hydrogen-bond acceptors (Lipinski definition) is 22. The Kier molecular flexibility index (Phi) is 16.0. The third kappa shape index (κ3) is 10.9. The van der Waals surface area contributed by atoms with E-state index in [9.17, 15) is 44.2 Å². The molecule has 0 aromatic carbocycles. The van der Waals surface area contributed by atoms with Crippen LogP contribution in [0.4, 0.5) is 0 Å². The first-order chi connectivity index (χ1) is 26.0. The molecule has 5 fully saturated rings. The molecule has 0 aromatic rings. The Bertz CT molecular complexity index is 1310. The monoisotopic (exact) mass is 817 g/mol. The lowest BCUT2D eigenvalue weighted by Crippen LogP contribution is -2.64. The Labute approximate surface area is 320 Å². The normalized spacial score (nSPS) is 45.5. The summed E-state index contributed by atoms with van der Waals surface area (Å²) in [6.07, 6.45) is -17.5. The molecule has 4 aliphatic heterocycles. The third-order valence-corrected chi connectivity index (χ3v) is 13.1. The Morgan fingerprint density at radius 2 is 1.40 bits per heavy atom. The van der Waals surface area contributed by atoms with E-state index in [0.717, 1.165) is 0 Å². The van der Waals surface area contributed by atoms with Crippen molar-refractivity contribution in [1.82, 2.24) is 10.6 Å². The number of piperidine rings is 1. The number of aliphatic hydroxyl groups is 7. The van der Waals surface area contributed by atoms with E-state index >= 15 is 0 Å². The number of ether oxygens (including phenoxy) is 6. The van der Waals surface area contributed by atoms with Crippen LogP contribution in [0.25, 0.3) is 0 Å². The van der Waals surface area contributed by atoms with Crippen molar-refractivity contribution >= 4 is 9.84 Å². The van der Waals surface area contributed by atoms with Gasteiger partial charge in [-0.25, -0.2) is 8.42 Å². The first-order valence-electron chi connectivity index (χ1n) is 19.0. The zero-order chi connectivity index (χ0) is 40.2. The van der Waals surface area contributed by atoms with Crippen LogP contribution in [0.15, 0.2) is 0 Å². The molecule has 1 saturated carbocycles. The van der Waals surface area contributed by atoms with Crippen LogP contribution in [0.2, 0.25) is 0 Å². The van der Waals surface area contributed by atoms with Gasteiger partial charge in [0.1, 0.15) is 48.8 Å². The lowest BCUT2D eigenvalue weighted by atomic mass is 9.80. The second-order valence-electron chi connectivity index (χ2n) is 15.5. The van der Waals surface area contributed by atoms with Crippen LogP contribution < -0.4 is 39.3 Å². The van der Waals surface area contributed by atoms with E-state index in [0.29, 0.717) is 25.9 Å². The molecule has 5 rings (SSSR count). The van der Waals surface area contributed by atoms with Crippen molar-refractivity contribution in [3.8, 4) is 0 Å². The minimum Gasteiger partial charge on any atom is -0.394 e. The highest BCUT2D eigenvalue weighted by molar-refractivity contribution is 7.91. The van der Waals surface area contributed by atoms with Crippen LogP contribution in [0, 0.1) is 5.92 Å². The topological polar surface area (TPSA) is 385 Å². The van der Waals surface area contributed by atoms with Gasteiger partial charge in [0, 0.05) is 38.1 Å².